The zero-order valence-corrected chi connectivity index (χ0v) is 13.5. The van der Waals surface area contributed by atoms with E-state index in [1.54, 1.807) is 31.4 Å². The van der Waals surface area contributed by atoms with Crippen molar-refractivity contribution >= 4 is 23.4 Å². The fourth-order valence-corrected chi connectivity index (χ4v) is 3.23. The van der Waals surface area contributed by atoms with Gasteiger partial charge in [-0.25, -0.2) is 0 Å². The Morgan fingerprint density at radius 1 is 1.21 bits per heavy atom. The Labute approximate surface area is 140 Å². The molecule has 6 nitrogen and oxygen atoms in total. The lowest BCUT2D eigenvalue weighted by Crippen LogP contribution is -2.34. The first-order valence-corrected chi connectivity index (χ1v) is 8.04. The van der Waals surface area contributed by atoms with E-state index in [-0.39, 0.29) is 42.5 Å². The predicted molar refractivity (Wildman–Crippen MR) is 88.3 cm³/mol. The normalized spacial score (nSPS) is 22.5. The summed E-state index contributed by atoms with van der Waals surface area (Å²) in [5.74, 6) is -0.383. The Morgan fingerprint density at radius 3 is 2.50 bits per heavy atom. The number of hydrogen-bond acceptors (Lipinski definition) is 4. The van der Waals surface area contributed by atoms with Crippen LogP contribution in [0.1, 0.15) is 19.3 Å². The highest BCUT2D eigenvalue weighted by molar-refractivity contribution is 6.05. The van der Waals surface area contributed by atoms with Gasteiger partial charge in [-0.05, 0) is 25.0 Å². The number of allylic oxidation sites excluding steroid dienone is 2. The van der Waals surface area contributed by atoms with Crippen molar-refractivity contribution < 1.29 is 19.1 Å². The third-order valence-electron chi connectivity index (χ3n) is 4.51. The van der Waals surface area contributed by atoms with E-state index in [1.807, 2.05) is 12.2 Å². The first-order valence-electron chi connectivity index (χ1n) is 8.04. The molecule has 0 saturated carbocycles. The standard InChI is InChI=1S/C18H20N2O4/c1-24-13-6-4-5-12(11-13)19-16(21)9-10-20-17(22)14-7-2-3-8-15(14)18(20)23/h2-6,11,14-15H,7-10H2,1H3,(H,19,21)/t14-,15-/m0/s1. The highest BCUT2D eigenvalue weighted by atomic mass is 16.5. The van der Waals surface area contributed by atoms with Crippen molar-refractivity contribution in [3.63, 3.8) is 0 Å². The van der Waals surface area contributed by atoms with E-state index in [0.29, 0.717) is 24.3 Å². The lowest BCUT2D eigenvalue weighted by molar-refractivity contribution is -0.140. The van der Waals surface area contributed by atoms with Crippen LogP contribution in [-0.4, -0.2) is 36.3 Å². The van der Waals surface area contributed by atoms with E-state index in [4.69, 9.17) is 4.74 Å². The maximum absolute atomic E-state index is 12.3. The summed E-state index contributed by atoms with van der Waals surface area (Å²) in [5.41, 5.74) is 0.622. The number of nitrogens with one attached hydrogen (secondary N) is 1. The van der Waals surface area contributed by atoms with E-state index < -0.39 is 0 Å². The van der Waals surface area contributed by atoms with Crippen LogP contribution in [0.5, 0.6) is 5.75 Å². The highest BCUT2D eigenvalue weighted by Crippen LogP contribution is 2.35. The molecule has 1 N–H and O–H groups in total. The molecule has 126 valence electrons. The molecular formula is C18H20N2O4. The Hall–Kier alpha value is -2.63. The number of methoxy groups -OCH3 is 1. The molecule has 3 rings (SSSR count). The maximum Gasteiger partial charge on any atom is 0.233 e. The summed E-state index contributed by atoms with van der Waals surface area (Å²) in [6.07, 6.45) is 5.21. The van der Waals surface area contributed by atoms with Crippen LogP contribution in [0.2, 0.25) is 0 Å². The molecule has 1 fully saturated rings. The Bertz CT molecular complexity index is 672. The molecule has 1 aliphatic heterocycles. The predicted octanol–water partition coefficient (Wildman–Crippen LogP) is 1.97. The molecule has 1 aliphatic carbocycles. The number of hydrogen-bond donors (Lipinski definition) is 1. The lowest BCUT2D eigenvalue weighted by Gasteiger charge is -2.14. The van der Waals surface area contributed by atoms with Gasteiger partial charge >= 0.3 is 0 Å². The summed E-state index contributed by atoms with van der Waals surface area (Å²) in [6, 6.07) is 7.03. The summed E-state index contributed by atoms with van der Waals surface area (Å²) in [6.45, 7) is 0.125. The van der Waals surface area contributed by atoms with Crippen LogP contribution in [0.25, 0.3) is 0 Å². The Balaban J connectivity index is 1.56. The number of rotatable bonds is 5. The topological polar surface area (TPSA) is 75.7 Å². The second kappa shape index (κ2) is 6.86. The molecule has 2 aliphatic rings. The van der Waals surface area contributed by atoms with E-state index in [2.05, 4.69) is 5.32 Å². The molecule has 0 bridgehead atoms. The van der Waals surface area contributed by atoms with Crippen LogP contribution in [-0.2, 0) is 14.4 Å². The van der Waals surface area contributed by atoms with Crippen LogP contribution in [0.4, 0.5) is 5.69 Å². The molecule has 2 atom stereocenters. The van der Waals surface area contributed by atoms with E-state index in [1.165, 1.54) is 4.90 Å². The monoisotopic (exact) mass is 328 g/mol. The van der Waals surface area contributed by atoms with Gasteiger partial charge < -0.3 is 10.1 Å². The van der Waals surface area contributed by atoms with E-state index in [0.717, 1.165) is 0 Å². The maximum atomic E-state index is 12.3. The lowest BCUT2D eigenvalue weighted by atomic mass is 9.85. The summed E-state index contributed by atoms with van der Waals surface area (Å²) in [4.78, 5) is 38.0. The van der Waals surface area contributed by atoms with Crippen molar-refractivity contribution in [3.8, 4) is 5.75 Å². The van der Waals surface area contributed by atoms with Gasteiger partial charge in [-0.15, -0.1) is 0 Å². The van der Waals surface area contributed by atoms with Crippen LogP contribution in [0.15, 0.2) is 36.4 Å². The number of amides is 3. The van der Waals surface area contributed by atoms with Crippen LogP contribution < -0.4 is 10.1 Å². The first kappa shape index (κ1) is 16.2. The summed E-state index contributed by atoms with van der Waals surface area (Å²) in [7, 11) is 1.56. The number of carbonyl (C=O) groups is 3. The smallest absolute Gasteiger partial charge is 0.233 e. The highest BCUT2D eigenvalue weighted by Gasteiger charge is 2.46. The molecule has 1 heterocycles. The van der Waals surface area contributed by atoms with Gasteiger partial charge in [0.15, 0.2) is 0 Å². The minimum atomic E-state index is -0.246. The molecule has 1 aromatic rings. The van der Waals surface area contributed by atoms with Gasteiger partial charge in [0, 0.05) is 24.7 Å². The minimum absolute atomic E-state index is 0.0849. The molecule has 0 radical (unpaired) electrons. The second-order valence-corrected chi connectivity index (χ2v) is 6.01. The average Bonchev–Trinajstić information content (AvgIpc) is 2.84. The number of likely N-dealkylation sites (tertiary alicyclic amines) is 1. The summed E-state index contributed by atoms with van der Waals surface area (Å²) >= 11 is 0. The van der Waals surface area contributed by atoms with Crippen molar-refractivity contribution in [2.24, 2.45) is 11.8 Å². The van der Waals surface area contributed by atoms with Crippen LogP contribution in [0.3, 0.4) is 0 Å². The van der Waals surface area contributed by atoms with Gasteiger partial charge in [-0.2, -0.15) is 0 Å². The third-order valence-corrected chi connectivity index (χ3v) is 4.51. The van der Waals surface area contributed by atoms with Crippen molar-refractivity contribution in [2.75, 3.05) is 19.0 Å². The van der Waals surface area contributed by atoms with Gasteiger partial charge in [0.1, 0.15) is 5.75 Å². The van der Waals surface area contributed by atoms with Crippen molar-refractivity contribution in [1.82, 2.24) is 4.90 Å². The molecular weight excluding hydrogens is 308 g/mol. The molecule has 0 aromatic heterocycles. The molecule has 1 aromatic carbocycles. The number of fused-ring (bicyclic) bond motifs is 1. The summed E-state index contributed by atoms with van der Waals surface area (Å²) in [5, 5.41) is 2.75. The van der Waals surface area contributed by atoms with Gasteiger partial charge in [-0.1, -0.05) is 18.2 Å². The Kier molecular flexibility index (Phi) is 4.64. The quantitative estimate of drug-likeness (QED) is 0.662. The van der Waals surface area contributed by atoms with Crippen LogP contribution >= 0.6 is 0 Å². The molecule has 0 spiro atoms. The zero-order chi connectivity index (χ0) is 17.1. The zero-order valence-electron chi connectivity index (χ0n) is 13.5. The van der Waals surface area contributed by atoms with Gasteiger partial charge in [0.25, 0.3) is 0 Å². The molecule has 0 unspecified atom stereocenters. The fourth-order valence-electron chi connectivity index (χ4n) is 3.23. The van der Waals surface area contributed by atoms with E-state index >= 15 is 0 Å². The third kappa shape index (κ3) is 3.18. The number of benzene rings is 1. The number of anilines is 1. The van der Waals surface area contributed by atoms with Crippen LogP contribution in [0, 0.1) is 11.8 Å². The summed E-state index contributed by atoms with van der Waals surface area (Å²) < 4.78 is 5.11. The number of ether oxygens (including phenoxy) is 1. The van der Waals surface area contributed by atoms with Crippen molar-refractivity contribution in [1.29, 1.82) is 0 Å². The number of carbonyl (C=O) groups excluding carboxylic acids is 3. The first-order chi connectivity index (χ1) is 11.6. The molecule has 1 saturated heterocycles. The van der Waals surface area contributed by atoms with Crippen molar-refractivity contribution in [2.45, 2.75) is 19.3 Å². The largest absolute Gasteiger partial charge is 0.497 e. The molecule has 24 heavy (non-hydrogen) atoms. The van der Waals surface area contributed by atoms with E-state index in [9.17, 15) is 14.4 Å². The molecule has 6 heteroatoms. The van der Waals surface area contributed by atoms with Gasteiger partial charge in [0.05, 0.1) is 18.9 Å². The Morgan fingerprint density at radius 2 is 1.88 bits per heavy atom. The number of nitrogens with zero attached hydrogens (tertiary/aromatic N) is 1. The minimum Gasteiger partial charge on any atom is -0.497 e. The van der Waals surface area contributed by atoms with Gasteiger partial charge in [-0.3, -0.25) is 19.3 Å². The molecule has 3 amide bonds. The average molecular weight is 328 g/mol. The van der Waals surface area contributed by atoms with Gasteiger partial charge in [0.2, 0.25) is 17.7 Å². The second-order valence-electron chi connectivity index (χ2n) is 6.01. The van der Waals surface area contributed by atoms with Crippen molar-refractivity contribution in [3.05, 3.63) is 36.4 Å². The SMILES string of the molecule is COc1cccc(NC(=O)CCN2C(=O)[C@H]3CC=CC[C@@H]3C2=O)c1. The number of imide groups is 1. The fraction of sp³-hybridized carbons (Fsp3) is 0.389.